The van der Waals surface area contributed by atoms with Crippen LogP contribution in [0.2, 0.25) is 0 Å². The van der Waals surface area contributed by atoms with E-state index in [9.17, 15) is 9.90 Å². The molecule has 1 unspecified atom stereocenters. The molecule has 136 valence electrons. The maximum absolute atomic E-state index is 12.3. The Morgan fingerprint density at radius 1 is 1.16 bits per heavy atom. The number of nitrogen functional groups attached to an aromatic ring is 1. The first-order valence-electron chi connectivity index (χ1n) is 8.11. The van der Waals surface area contributed by atoms with Crippen molar-refractivity contribution >= 4 is 24.0 Å². The molecule has 0 aromatic heterocycles. The topological polar surface area (TPSA) is 75.4 Å². The SMILES string of the molecule is Cc1ccc(N)cc1C(=O)NCC(O)c1ccc(C(C)(C)C)cc1.Cl. The minimum Gasteiger partial charge on any atom is -0.399 e. The van der Waals surface area contributed by atoms with Gasteiger partial charge in [0.1, 0.15) is 0 Å². The Balaban J connectivity index is 0.00000312. The molecule has 2 aromatic rings. The third kappa shape index (κ3) is 5.48. The minimum atomic E-state index is -0.746. The molecule has 0 radical (unpaired) electrons. The molecule has 1 amide bonds. The van der Waals surface area contributed by atoms with Gasteiger partial charge in [0.25, 0.3) is 5.91 Å². The maximum atomic E-state index is 12.3. The second kappa shape index (κ2) is 8.37. The average molecular weight is 363 g/mol. The highest BCUT2D eigenvalue weighted by atomic mass is 35.5. The minimum absolute atomic E-state index is 0. The van der Waals surface area contributed by atoms with E-state index in [0.717, 1.165) is 11.1 Å². The fourth-order valence-corrected chi connectivity index (χ4v) is 2.49. The van der Waals surface area contributed by atoms with E-state index in [0.29, 0.717) is 11.3 Å². The Morgan fingerprint density at radius 2 is 1.76 bits per heavy atom. The van der Waals surface area contributed by atoms with Crippen LogP contribution in [0.5, 0.6) is 0 Å². The van der Waals surface area contributed by atoms with Gasteiger partial charge in [0.15, 0.2) is 0 Å². The molecule has 25 heavy (non-hydrogen) atoms. The van der Waals surface area contributed by atoms with Gasteiger partial charge in [0, 0.05) is 17.8 Å². The first kappa shape index (κ1) is 21.0. The van der Waals surface area contributed by atoms with E-state index in [1.54, 1.807) is 12.1 Å². The second-order valence-electron chi connectivity index (χ2n) is 7.17. The first-order chi connectivity index (χ1) is 11.2. The summed E-state index contributed by atoms with van der Waals surface area (Å²) in [5, 5.41) is 13.1. The van der Waals surface area contributed by atoms with Crippen molar-refractivity contribution in [1.29, 1.82) is 0 Å². The van der Waals surface area contributed by atoms with Crippen molar-refractivity contribution < 1.29 is 9.90 Å². The van der Waals surface area contributed by atoms with E-state index in [1.165, 1.54) is 5.56 Å². The summed E-state index contributed by atoms with van der Waals surface area (Å²) in [7, 11) is 0. The summed E-state index contributed by atoms with van der Waals surface area (Å²) in [4.78, 5) is 12.3. The number of hydrogen-bond acceptors (Lipinski definition) is 3. The number of halogens is 1. The van der Waals surface area contributed by atoms with Gasteiger partial charge in [-0.05, 0) is 41.2 Å². The molecule has 5 heteroatoms. The summed E-state index contributed by atoms with van der Waals surface area (Å²) in [6.45, 7) is 8.45. The third-order valence-electron chi connectivity index (χ3n) is 4.12. The van der Waals surface area contributed by atoms with Crippen LogP contribution in [0.4, 0.5) is 5.69 Å². The molecule has 0 aliphatic rings. The highest BCUT2D eigenvalue weighted by Crippen LogP contribution is 2.24. The number of aryl methyl sites for hydroxylation is 1. The Labute approximate surface area is 155 Å². The fourth-order valence-electron chi connectivity index (χ4n) is 2.49. The quantitative estimate of drug-likeness (QED) is 0.725. The number of hydrogen-bond donors (Lipinski definition) is 3. The highest BCUT2D eigenvalue weighted by Gasteiger charge is 2.16. The van der Waals surface area contributed by atoms with E-state index in [-0.39, 0.29) is 30.3 Å². The first-order valence-corrected chi connectivity index (χ1v) is 8.11. The third-order valence-corrected chi connectivity index (χ3v) is 4.12. The molecule has 0 aliphatic heterocycles. The lowest BCUT2D eigenvalue weighted by molar-refractivity contribution is 0.0915. The van der Waals surface area contributed by atoms with Crippen molar-refractivity contribution in [3.63, 3.8) is 0 Å². The van der Waals surface area contributed by atoms with Gasteiger partial charge in [0.2, 0.25) is 0 Å². The highest BCUT2D eigenvalue weighted by molar-refractivity contribution is 5.96. The van der Waals surface area contributed by atoms with Gasteiger partial charge < -0.3 is 16.2 Å². The summed E-state index contributed by atoms with van der Waals surface area (Å²) in [6, 6.07) is 13.1. The van der Waals surface area contributed by atoms with Crippen LogP contribution in [0.1, 0.15) is 53.9 Å². The van der Waals surface area contributed by atoms with Crippen molar-refractivity contribution in [1.82, 2.24) is 5.32 Å². The predicted octanol–water partition coefficient (Wildman–Crippen LogP) is 3.76. The molecule has 0 saturated carbocycles. The van der Waals surface area contributed by atoms with Crippen molar-refractivity contribution in [3.8, 4) is 0 Å². The summed E-state index contributed by atoms with van der Waals surface area (Å²) >= 11 is 0. The number of amides is 1. The zero-order valence-corrected chi connectivity index (χ0v) is 16.0. The molecule has 4 N–H and O–H groups in total. The number of aliphatic hydroxyl groups excluding tert-OH is 1. The van der Waals surface area contributed by atoms with Gasteiger partial charge in [-0.3, -0.25) is 4.79 Å². The molecule has 0 saturated heterocycles. The van der Waals surface area contributed by atoms with E-state index in [4.69, 9.17) is 5.73 Å². The Morgan fingerprint density at radius 3 is 2.32 bits per heavy atom. The van der Waals surface area contributed by atoms with Crippen molar-refractivity contribution in [2.45, 2.75) is 39.2 Å². The summed E-state index contributed by atoms with van der Waals surface area (Å²) < 4.78 is 0. The smallest absolute Gasteiger partial charge is 0.251 e. The summed E-state index contributed by atoms with van der Waals surface area (Å²) in [5.74, 6) is -0.231. The Bertz CT molecular complexity index is 721. The zero-order valence-electron chi connectivity index (χ0n) is 15.2. The van der Waals surface area contributed by atoms with E-state index >= 15 is 0 Å². The molecule has 0 aliphatic carbocycles. The Hall–Kier alpha value is -2.04. The summed E-state index contributed by atoms with van der Waals surface area (Å²) in [6.07, 6.45) is -0.746. The number of carbonyl (C=O) groups is 1. The van der Waals surface area contributed by atoms with Crippen LogP contribution in [-0.4, -0.2) is 17.6 Å². The van der Waals surface area contributed by atoms with Gasteiger partial charge in [-0.15, -0.1) is 12.4 Å². The van der Waals surface area contributed by atoms with Crippen molar-refractivity contribution in [2.75, 3.05) is 12.3 Å². The molecule has 4 nitrogen and oxygen atoms in total. The Kier molecular flexibility index (Phi) is 7.03. The van der Waals surface area contributed by atoms with Crippen molar-refractivity contribution in [2.24, 2.45) is 0 Å². The number of carbonyl (C=O) groups excluding carboxylic acids is 1. The molecular weight excluding hydrogens is 336 g/mol. The number of anilines is 1. The fraction of sp³-hybridized carbons (Fsp3) is 0.350. The zero-order chi connectivity index (χ0) is 17.9. The molecule has 1 atom stereocenters. The maximum Gasteiger partial charge on any atom is 0.251 e. The molecular formula is C20H27ClN2O2. The monoisotopic (exact) mass is 362 g/mol. The van der Waals surface area contributed by atoms with E-state index in [1.807, 2.05) is 37.3 Å². The van der Waals surface area contributed by atoms with E-state index < -0.39 is 6.10 Å². The van der Waals surface area contributed by atoms with Gasteiger partial charge >= 0.3 is 0 Å². The van der Waals surface area contributed by atoms with Gasteiger partial charge in [-0.1, -0.05) is 51.1 Å². The molecule has 2 rings (SSSR count). The molecule has 0 fully saturated rings. The standard InChI is InChI=1S/C20H26N2O2.ClH/c1-13-5-10-16(21)11-17(13)19(24)22-12-18(23)14-6-8-15(9-7-14)20(2,3)4;/h5-11,18,23H,12,21H2,1-4H3,(H,22,24);1H. The number of benzene rings is 2. The largest absolute Gasteiger partial charge is 0.399 e. The molecule has 0 spiro atoms. The second-order valence-corrected chi connectivity index (χ2v) is 7.17. The van der Waals surface area contributed by atoms with Crippen LogP contribution in [0, 0.1) is 6.92 Å². The predicted molar refractivity (Wildman–Crippen MR) is 105 cm³/mol. The van der Waals surface area contributed by atoms with E-state index in [2.05, 4.69) is 26.1 Å². The molecule has 2 aromatic carbocycles. The summed E-state index contributed by atoms with van der Waals surface area (Å²) in [5.41, 5.74) is 9.73. The van der Waals surface area contributed by atoms with Crippen LogP contribution in [-0.2, 0) is 5.41 Å². The normalized spacial score (nSPS) is 12.2. The van der Waals surface area contributed by atoms with Gasteiger partial charge in [-0.2, -0.15) is 0 Å². The lowest BCUT2D eigenvalue weighted by Gasteiger charge is -2.20. The molecule has 0 heterocycles. The van der Waals surface area contributed by atoms with Crippen molar-refractivity contribution in [3.05, 3.63) is 64.7 Å². The van der Waals surface area contributed by atoms with Crippen LogP contribution in [0.25, 0.3) is 0 Å². The van der Waals surface area contributed by atoms with Gasteiger partial charge in [-0.25, -0.2) is 0 Å². The lowest BCUT2D eigenvalue weighted by atomic mass is 9.86. The number of rotatable bonds is 4. The van der Waals surface area contributed by atoms with Gasteiger partial charge in [0.05, 0.1) is 6.10 Å². The molecule has 0 bridgehead atoms. The number of aliphatic hydroxyl groups is 1. The average Bonchev–Trinajstić information content (AvgIpc) is 2.53. The van der Waals surface area contributed by atoms with Crippen LogP contribution in [0.15, 0.2) is 42.5 Å². The number of nitrogens with two attached hydrogens (primary N) is 1. The van der Waals surface area contributed by atoms with Crippen LogP contribution >= 0.6 is 12.4 Å². The van der Waals surface area contributed by atoms with Crippen LogP contribution in [0.3, 0.4) is 0 Å². The lowest BCUT2D eigenvalue weighted by Crippen LogP contribution is -2.29. The number of nitrogens with one attached hydrogen (secondary N) is 1. The van der Waals surface area contributed by atoms with Crippen LogP contribution < -0.4 is 11.1 Å².